The van der Waals surface area contributed by atoms with E-state index in [0.29, 0.717) is 10.8 Å². The van der Waals surface area contributed by atoms with Crippen LogP contribution in [0.2, 0.25) is 0 Å². The Kier molecular flexibility index (Phi) is 5.29. The van der Waals surface area contributed by atoms with E-state index in [9.17, 15) is 4.79 Å². The van der Waals surface area contributed by atoms with Gasteiger partial charge in [-0.15, -0.1) is 0 Å². The minimum atomic E-state index is -0.864. The summed E-state index contributed by atoms with van der Waals surface area (Å²) in [5.74, 6) is 0.942. The van der Waals surface area contributed by atoms with E-state index < -0.39 is 6.09 Å². The Balaban J connectivity index is 2.04. The fraction of sp³-hybridized carbons (Fsp3) is 0.529. The molecule has 0 spiro atoms. The molecule has 2 aromatic heterocycles. The first-order valence-electron chi connectivity index (χ1n) is 8.69. The van der Waals surface area contributed by atoms with E-state index in [4.69, 9.17) is 26.9 Å². The highest BCUT2D eigenvalue weighted by molar-refractivity contribution is 7.21. The van der Waals surface area contributed by atoms with Gasteiger partial charge in [-0.25, -0.2) is 9.78 Å². The molecular weight excluding hydrogens is 338 g/mol. The molecule has 25 heavy (non-hydrogen) atoms. The summed E-state index contributed by atoms with van der Waals surface area (Å²) < 4.78 is 5.04. The number of fused-ring (bicyclic) bond motifs is 1. The normalized spacial score (nSPS) is 18.3. The Bertz CT molecular complexity index is 776. The molecule has 0 bridgehead atoms. The number of nitrogens with two attached hydrogens (primary N) is 3. The average molecular weight is 363 g/mol. The molecule has 3 heterocycles. The topological polar surface area (TPSA) is 120 Å². The van der Waals surface area contributed by atoms with Gasteiger partial charge in [-0.2, -0.15) is 0 Å². The van der Waals surface area contributed by atoms with Crippen LogP contribution < -0.4 is 26.8 Å². The van der Waals surface area contributed by atoms with E-state index in [0.717, 1.165) is 66.8 Å². The maximum absolute atomic E-state index is 11.1. The second-order valence-electron chi connectivity index (χ2n) is 6.47. The zero-order valence-corrected chi connectivity index (χ0v) is 15.3. The van der Waals surface area contributed by atoms with Crippen LogP contribution in [0.5, 0.6) is 5.06 Å². The lowest BCUT2D eigenvalue weighted by Crippen LogP contribution is -2.27. The molecule has 1 unspecified atom stereocenters. The molecule has 0 aromatic carbocycles. The Hall–Kier alpha value is -2.06. The molecule has 0 saturated carbocycles. The van der Waals surface area contributed by atoms with Crippen molar-refractivity contribution in [2.24, 2.45) is 11.5 Å². The van der Waals surface area contributed by atoms with Crippen molar-refractivity contribution in [3.63, 3.8) is 0 Å². The molecule has 1 aliphatic rings. The van der Waals surface area contributed by atoms with Crippen molar-refractivity contribution in [1.82, 2.24) is 4.98 Å². The number of hydrogen-bond acceptors (Lipinski definition) is 7. The number of hydrogen-bond donors (Lipinski definition) is 3. The number of nitrogens with zero attached hydrogens (tertiary/aromatic N) is 2. The number of rotatable bonds is 4. The molecular formula is C17H25N5O2S. The fourth-order valence-corrected chi connectivity index (χ4v) is 4.31. The first-order chi connectivity index (χ1) is 12.0. The number of thiophene rings is 1. The number of anilines is 2. The summed E-state index contributed by atoms with van der Waals surface area (Å²) in [6, 6.07) is 2.37. The van der Waals surface area contributed by atoms with Crippen LogP contribution in [0.25, 0.3) is 10.2 Å². The van der Waals surface area contributed by atoms with Crippen LogP contribution in [0.15, 0.2) is 6.07 Å². The number of aromatic nitrogens is 1. The molecule has 8 heteroatoms. The number of nitrogen functional groups attached to an aromatic ring is 1. The quantitative estimate of drug-likeness (QED) is 0.768. The first-order valence-corrected chi connectivity index (χ1v) is 9.51. The molecule has 0 radical (unpaired) electrons. The van der Waals surface area contributed by atoms with Crippen LogP contribution in [0.1, 0.15) is 38.2 Å². The standard InChI is InChI=1S/C17H25N5O2S/c1-2-4-10-9-12(22-7-3-5-11(18)6-8-22)21-15-13(10)14(19)16(25-15)24-17(20)23/h9,11H,2-8,18-19H2,1H3,(H2,20,23). The molecule has 2 aromatic rings. The molecule has 7 nitrogen and oxygen atoms in total. The minimum absolute atomic E-state index is 0.261. The van der Waals surface area contributed by atoms with Crippen LogP contribution in [0.3, 0.4) is 0 Å². The summed E-state index contributed by atoms with van der Waals surface area (Å²) in [6.07, 6.45) is 4.08. The number of pyridine rings is 1. The van der Waals surface area contributed by atoms with Crippen molar-refractivity contribution >= 4 is 39.2 Å². The number of carbonyl (C=O) groups excluding carboxylic acids is 1. The second kappa shape index (κ2) is 7.45. The molecule has 136 valence electrons. The van der Waals surface area contributed by atoms with Gasteiger partial charge in [-0.05, 0) is 37.3 Å². The van der Waals surface area contributed by atoms with Crippen molar-refractivity contribution in [2.75, 3.05) is 23.7 Å². The van der Waals surface area contributed by atoms with E-state index in [1.54, 1.807) is 0 Å². The van der Waals surface area contributed by atoms with Crippen LogP contribution in [0.4, 0.5) is 16.3 Å². The SMILES string of the molecule is CCCc1cc(N2CCCC(N)CC2)nc2sc(OC(N)=O)c(N)c12. The van der Waals surface area contributed by atoms with E-state index in [1.807, 2.05) is 0 Å². The van der Waals surface area contributed by atoms with E-state index >= 15 is 0 Å². The third-order valence-corrected chi connectivity index (χ3v) is 5.52. The number of carbonyl (C=O) groups is 1. The third kappa shape index (κ3) is 3.80. The van der Waals surface area contributed by atoms with Gasteiger partial charge in [0.25, 0.3) is 0 Å². The van der Waals surface area contributed by atoms with Crippen LogP contribution in [-0.2, 0) is 6.42 Å². The van der Waals surface area contributed by atoms with Gasteiger partial charge in [0.1, 0.15) is 10.6 Å². The fourth-order valence-electron chi connectivity index (χ4n) is 3.31. The van der Waals surface area contributed by atoms with Crippen molar-refractivity contribution < 1.29 is 9.53 Å². The lowest BCUT2D eigenvalue weighted by atomic mass is 10.1. The maximum Gasteiger partial charge on any atom is 0.410 e. The second-order valence-corrected chi connectivity index (χ2v) is 7.43. The summed E-state index contributed by atoms with van der Waals surface area (Å²) >= 11 is 1.27. The third-order valence-electron chi connectivity index (χ3n) is 4.54. The predicted molar refractivity (Wildman–Crippen MR) is 102 cm³/mol. The molecule has 1 atom stereocenters. The van der Waals surface area contributed by atoms with Crippen molar-refractivity contribution in [3.8, 4) is 5.06 Å². The molecule has 6 N–H and O–H groups in total. The molecule has 1 aliphatic heterocycles. The minimum Gasteiger partial charge on any atom is -0.397 e. The molecule has 1 saturated heterocycles. The summed E-state index contributed by atoms with van der Waals surface area (Å²) in [4.78, 5) is 19.0. The Morgan fingerprint density at radius 2 is 2.24 bits per heavy atom. The number of ether oxygens (including phenoxy) is 1. The number of aryl methyl sites for hydroxylation is 1. The Morgan fingerprint density at radius 3 is 2.96 bits per heavy atom. The van der Waals surface area contributed by atoms with Gasteiger partial charge in [-0.1, -0.05) is 24.7 Å². The van der Waals surface area contributed by atoms with Gasteiger partial charge in [0, 0.05) is 24.5 Å². The number of amides is 1. The van der Waals surface area contributed by atoms with Gasteiger partial charge in [0.15, 0.2) is 0 Å². The first kappa shape index (κ1) is 17.8. The lowest BCUT2D eigenvalue weighted by Gasteiger charge is -2.22. The zero-order valence-electron chi connectivity index (χ0n) is 14.5. The highest BCUT2D eigenvalue weighted by atomic mass is 32.1. The predicted octanol–water partition coefficient (Wildman–Crippen LogP) is 2.61. The molecule has 3 rings (SSSR count). The largest absolute Gasteiger partial charge is 0.410 e. The van der Waals surface area contributed by atoms with Crippen LogP contribution >= 0.6 is 11.3 Å². The molecule has 1 amide bonds. The van der Waals surface area contributed by atoms with Gasteiger partial charge < -0.3 is 26.8 Å². The average Bonchev–Trinajstić information content (AvgIpc) is 2.72. The van der Waals surface area contributed by atoms with Gasteiger partial charge in [0.05, 0.1) is 5.69 Å². The molecule has 1 fully saturated rings. The summed E-state index contributed by atoms with van der Waals surface area (Å²) in [6.45, 7) is 3.97. The zero-order chi connectivity index (χ0) is 18.0. The summed E-state index contributed by atoms with van der Waals surface area (Å²) in [5, 5.41) is 1.20. The van der Waals surface area contributed by atoms with Crippen LogP contribution in [0, 0.1) is 0 Å². The Morgan fingerprint density at radius 1 is 1.44 bits per heavy atom. The van der Waals surface area contributed by atoms with Crippen LogP contribution in [-0.4, -0.2) is 30.2 Å². The Labute approximate surface area is 151 Å². The maximum atomic E-state index is 11.1. The van der Waals surface area contributed by atoms with Gasteiger partial charge >= 0.3 is 6.09 Å². The van der Waals surface area contributed by atoms with Gasteiger partial charge in [0.2, 0.25) is 5.06 Å². The summed E-state index contributed by atoms with van der Waals surface area (Å²) in [7, 11) is 0. The summed E-state index contributed by atoms with van der Waals surface area (Å²) in [5.41, 5.74) is 19.0. The smallest absolute Gasteiger partial charge is 0.397 e. The van der Waals surface area contributed by atoms with E-state index in [1.165, 1.54) is 11.3 Å². The number of primary amides is 1. The van der Waals surface area contributed by atoms with Crippen molar-refractivity contribution in [1.29, 1.82) is 0 Å². The van der Waals surface area contributed by atoms with Crippen molar-refractivity contribution in [2.45, 2.75) is 45.1 Å². The van der Waals surface area contributed by atoms with E-state index in [2.05, 4.69) is 17.9 Å². The monoisotopic (exact) mass is 363 g/mol. The molecule has 0 aliphatic carbocycles. The highest BCUT2D eigenvalue weighted by Crippen LogP contribution is 2.42. The van der Waals surface area contributed by atoms with Gasteiger partial charge in [-0.3, -0.25) is 0 Å². The van der Waals surface area contributed by atoms with Crippen molar-refractivity contribution in [3.05, 3.63) is 11.6 Å². The highest BCUT2D eigenvalue weighted by Gasteiger charge is 2.21. The van der Waals surface area contributed by atoms with E-state index in [-0.39, 0.29) is 6.04 Å². The lowest BCUT2D eigenvalue weighted by molar-refractivity contribution is 0.212.